The van der Waals surface area contributed by atoms with Gasteiger partial charge in [0, 0.05) is 33.0 Å². The number of esters is 1. The zero-order chi connectivity index (χ0) is 39.8. The fraction of sp³-hybridized carbons (Fsp3) is 0.958. The van der Waals surface area contributed by atoms with Crippen molar-refractivity contribution in [2.75, 3.05) is 39.8 Å². The van der Waals surface area contributed by atoms with Crippen LogP contribution in [0, 0.1) is 0 Å². The van der Waals surface area contributed by atoms with Crippen molar-refractivity contribution in [3.63, 3.8) is 0 Å². The molecular weight excluding hydrogens is 669 g/mol. The van der Waals surface area contributed by atoms with E-state index in [2.05, 4.69) is 32.6 Å². The minimum atomic E-state index is -0.254. The molecule has 0 fully saturated rings. The van der Waals surface area contributed by atoms with Gasteiger partial charge >= 0.3 is 5.97 Å². The Morgan fingerprint density at radius 2 is 0.796 bits per heavy atom. The van der Waals surface area contributed by atoms with E-state index in [-0.39, 0.29) is 24.1 Å². The summed E-state index contributed by atoms with van der Waals surface area (Å²) in [5, 5.41) is 9.63. The Kier molecular flexibility index (Phi) is 39.2. The minimum Gasteiger partial charge on any atom is -0.459 e. The summed E-state index contributed by atoms with van der Waals surface area (Å²) in [7, 11) is 1.96. The van der Waals surface area contributed by atoms with Gasteiger partial charge in [-0.3, -0.25) is 9.59 Å². The van der Waals surface area contributed by atoms with Gasteiger partial charge in [-0.25, -0.2) is 0 Å². The first-order chi connectivity index (χ1) is 26.4. The molecule has 0 aromatic carbocycles. The highest BCUT2D eigenvalue weighted by molar-refractivity contribution is 5.75. The molecular formula is C48H96N2O4. The summed E-state index contributed by atoms with van der Waals surface area (Å²) in [6, 6.07) is 0. The van der Waals surface area contributed by atoms with Gasteiger partial charge in [0.05, 0.1) is 6.61 Å². The van der Waals surface area contributed by atoms with Gasteiger partial charge in [-0.05, 0) is 83.7 Å². The highest BCUT2D eigenvalue weighted by Crippen LogP contribution is 2.34. The average molecular weight is 765 g/mol. The average Bonchev–Trinajstić information content (AvgIpc) is 3.16. The van der Waals surface area contributed by atoms with Gasteiger partial charge in [-0.1, -0.05) is 169 Å². The molecule has 0 aliphatic rings. The lowest BCUT2D eigenvalue weighted by Crippen LogP contribution is -2.35. The number of aliphatic hydroxyl groups is 1. The molecule has 0 rings (SSSR count). The number of hydrogen-bond donors (Lipinski definition) is 1. The SMILES string of the molecule is CCCCCCCCN(C)C(=O)CCCCCN(CCO)CCCCCCCC(=O)OC(CCCCCC)(CCCCCCCC)CCCCCCCC. The first kappa shape index (κ1) is 52.9. The van der Waals surface area contributed by atoms with Gasteiger partial charge in [0.2, 0.25) is 5.91 Å². The Morgan fingerprint density at radius 1 is 0.444 bits per heavy atom. The van der Waals surface area contributed by atoms with Crippen LogP contribution in [-0.4, -0.2) is 72.2 Å². The summed E-state index contributed by atoms with van der Waals surface area (Å²) in [6.45, 7) is 12.9. The van der Waals surface area contributed by atoms with Crippen molar-refractivity contribution in [1.29, 1.82) is 0 Å². The smallest absolute Gasteiger partial charge is 0.306 e. The zero-order valence-electron chi connectivity index (χ0n) is 37.4. The standard InChI is InChI=1S/C48H96N2O4/c1-6-10-14-18-23-31-39-48(38-30-17-13-9-4,40-32-24-19-15-11-7-2)54-47(53)37-29-22-21-26-34-42-50(44-45-51)43-35-27-28-36-46(52)49(5)41-33-25-20-16-12-8-3/h51H,6-45H2,1-5H3. The van der Waals surface area contributed by atoms with E-state index in [0.29, 0.717) is 12.8 Å². The maximum atomic E-state index is 13.4. The van der Waals surface area contributed by atoms with Crippen LogP contribution in [0.4, 0.5) is 0 Å². The Hall–Kier alpha value is -1.14. The lowest BCUT2D eigenvalue weighted by molar-refractivity contribution is -0.163. The lowest BCUT2D eigenvalue weighted by Gasteiger charge is -2.34. The minimum absolute atomic E-state index is 0.0442. The summed E-state index contributed by atoms with van der Waals surface area (Å²) in [4.78, 5) is 30.2. The van der Waals surface area contributed by atoms with Crippen LogP contribution >= 0.6 is 0 Å². The highest BCUT2D eigenvalue weighted by Gasteiger charge is 2.33. The number of nitrogens with zero attached hydrogens (tertiary/aromatic N) is 2. The Balaban J connectivity index is 4.57. The van der Waals surface area contributed by atoms with E-state index >= 15 is 0 Å². The molecule has 0 heterocycles. The molecule has 322 valence electrons. The summed E-state index contributed by atoms with van der Waals surface area (Å²) in [5.74, 6) is 0.329. The van der Waals surface area contributed by atoms with Crippen molar-refractivity contribution < 1.29 is 19.4 Å². The molecule has 0 atom stereocenters. The topological polar surface area (TPSA) is 70.1 Å². The van der Waals surface area contributed by atoms with Gasteiger partial charge in [-0.15, -0.1) is 0 Å². The number of carbonyl (C=O) groups excluding carboxylic acids is 2. The van der Waals surface area contributed by atoms with Gasteiger partial charge in [0.15, 0.2) is 0 Å². The van der Waals surface area contributed by atoms with Crippen molar-refractivity contribution in [2.24, 2.45) is 0 Å². The van der Waals surface area contributed by atoms with Crippen LogP contribution in [0.25, 0.3) is 0 Å². The summed E-state index contributed by atoms with van der Waals surface area (Å²) in [5.41, 5.74) is -0.254. The first-order valence-electron chi connectivity index (χ1n) is 24.2. The van der Waals surface area contributed by atoms with E-state index in [0.717, 1.165) is 103 Å². The molecule has 0 unspecified atom stereocenters. The number of unbranched alkanes of at least 4 members (excludes halogenated alkanes) is 24. The van der Waals surface area contributed by atoms with E-state index in [1.54, 1.807) is 0 Å². The number of aliphatic hydroxyl groups excluding tert-OH is 1. The van der Waals surface area contributed by atoms with Crippen molar-refractivity contribution in [2.45, 2.75) is 258 Å². The maximum absolute atomic E-state index is 13.4. The Morgan fingerprint density at radius 3 is 1.26 bits per heavy atom. The molecule has 0 aliphatic carbocycles. The van der Waals surface area contributed by atoms with Crippen molar-refractivity contribution >= 4 is 11.9 Å². The molecule has 6 nitrogen and oxygen atoms in total. The molecule has 0 spiro atoms. The van der Waals surface area contributed by atoms with Gasteiger partial charge < -0.3 is 19.6 Å². The molecule has 0 radical (unpaired) electrons. The molecule has 54 heavy (non-hydrogen) atoms. The number of rotatable bonds is 43. The molecule has 1 N–H and O–H groups in total. The van der Waals surface area contributed by atoms with Crippen LogP contribution in [0.3, 0.4) is 0 Å². The quantitative estimate of drug-likeness (QED) is 0.0494. The van der Waals surface area contributed by atoms with Crippen molar-refractivity contribution in [1.82, 2.24) is 9.80 Å². The lowest BCUT2D eigenvalue weighted by atomic mass is 9.84. The third kappa shape index (κ3) is 33.0. The van der Waals surface area contributed by atoms with Crippen molar-refractivity contribution in [3.05, 3.63) is 0 Å². The van der Waals surface area contributed by atoms with E-state index in [4.69, 9.17) is 4.74 Å². The number of carbonyl (C=O) groups is 2. The number of amides is 1. The largest absolute Gasteiger partial charge is 0.459 e. The molecule has 0 bridgehead atoms. The van der Waals surface area contributed by atoms with E-state index < -0.39 is 0 Å². The van der Waals surface area contributed by atoms with E-state index in [1.165, 1.54) is 135 Å². The van der Waals surface area contributed by atoms with E-state index in [1.807, 2.05) is 11.9 Å². The molecule has 6 heteroatoms. The van der Waals surface area contributed by atoms with Crippen LogP contribution in [0.5, 0.6) is 0 Å². The number of ether oxygens (including phenoxy) is 1. The monoisotopic (exact) mass is 765 g/mol. The predicted molar refractivity (Wildman–Crippen MR) is 234 cm³/mol. The first-order valence-corrected chi connectivity index (χ1v) is 24.2. The van der Waals surface area contributed by atoms with Crippen LogP contribution < -0.4 is 0 Å². The fourth-order valence-corrected chi connectivity index (χ4v) is 7.99. The molecule has 0 aromatic rings. The Labute approximate surface area is 338 Å². The molecule has 0 aromatic heterocycles. The van der Waals surface area contributed by atoms with Crippen LogP contribution in [0.1, 0.15) is 252 Å². The van der Waals surface area contributed by atoms with Gasteiger partial charge in [0.25, 0.3) is 0 Å². The zero-order valence-corrected chi connectivity index (χ0v) is 37.4. The summed E-state index contributed by atoms with van der Waals surface area (Å²) >= 11 is 0. The normalized spacial score (nSPS) is 11.8. The second-order valence-corrected chi connectivity index (χ2v) is 17.0. The highest BCUT2D eigenvalue weighted by atomic mass is 16.6. The van der Waals surface area contributed by atoms with Crippen LogP contribution in [0.2, 0.25) is 0 Å². The van der Waals surface area contributed by atoms with Crippen molar-refractivity contribution in [3.8, 4) is 0 Å². The van der Waals surface area contributed by atoms with Crippen LogP contribution in [0.15, 0.2) is 0 Å². The fourth-order valence-electron chi connectivity index (χ4n) is 7.99. The summed E-state index contributed by atoms with van der Waals surface area (Å²) < 4.78 is 6.58. The second kappa shape index (κ2) is 40.1. The van der Waals surface area contributed by atoms with Gasteiger partial charge in [-0.2, -0.15) is 0 Å². The molecule has 1 amide bonds. The second-order valence-electron chi connectivity index (χ2n) is 17.0. The number of hydrogen-bond acceptors (Lipinski definition) is 5. The third-order valence-electron chi connectivity index (χ3n) is 11.7. The summed E-state index contributed by atoms with van der Waals surface area (Å²) in [6.07, 6.45) is 40.7. The van der Waals surface area contributed by atoms with E-state index in [9.17, 15) is 14.7 Å². The Bertz CT molecular complexity index is 790. The molecule has 0 aliphatic heterocycles. The third-order valence-corrected chi connectivity index (χ3v) is 11.7. The van der Waals surface area contributed by atoms with Gasteiger partial charge in [0.1, 0.15) is 5.60 Å². The van der Waals surface area contributed by atoms with Crippen LogP contribution in [-0.2, 0) is 14.3 Å². The maximum Gasteiger partial charge on any atom is 0.306 e. The molecule has 0 saturated heterocycles. The predicted octanol–water partition coefficient (Wildman–Crippen LogP) is 13.8. The molecule has 0 saturated carbocycles.